The van der Waals surface area contributed by atoms with E-state index in [1.165, 1.54) is 12.1 Å². The maximum atomic E-state index is 12.5. The van der Waals surface area contributed by atoms with Crippen molar-refractivity contribution in [2.24, 2.45) is 5.14 Å². The summed E-state index contributed by atoms with van der Waals surface area (Å²) < 4.78 is 23.4. The monoisotopic (exact) mass is 385 g/mol. The minimum atomic E-state index is -4.02. The largest absolute Gasteiger partial charge is 0.359 e. The van der Waals surface area contributed by atoms with Gasteiger partial charge in [0.15, 0.2) is 0 Å². The minimum Gasteiger partial charge on any atom is -0.359 e. The van der Waals surface area contributed by atoms with Crippen molar-refractivity contribution in [3.8, 4) is 0 Å². The quantitative estimate of drug-likeness (QED) is 0.626. The number of sulfonamides is 1. The van der Waals surface area contributed by atoms with Gasteiger partial charge in [0, 0.05) is 12.2 Å². The van der Waals surface area contributed by atoms with Crippen LogP contribution < -0.4 is 15.8 Å². The molecule has 1 aromatic rings. The van der Waals surface area contributed by atoms with Crippen molar-refractivity contribution < 1.29 is 13.2 Å². The second-order valence-electron chi connectivity index (χ2n) is 6.08. The van der Waals surface area contributed by atoms with Crippen LogP contribution in [0.15, 0.2) is 28.8 Å². The predicted molar refractivity (Wildman–Crippen MR) is 100 cm³/mol. The fraction of sp³-hybridized carbons (Fsp3) is 0.471. The second-order valence-corrected chi connectivity index (χ2v) is 8.02. The van der Waals surface area contributed by atoms with Gasteiger partial charge in [-0.15, -0.1) is 0 Å². The fourth-order valence-electron chi connectivity index (χ4n) is 2.66. The lowest BCUT2D eigenvalue weighted by molar-refractivity contribution is 0.0954. The molecular formula is C17H24ClN3O3S. The number of unbranched alkanes of at least 4 members (excludes halogenated alkanes) is 1. The van der Waals surface area contributed by atoms with Crippen LogP contribution in [0.1, 0.15) is 55.8 Å². The molecule has 1 aliphatic rings. The highest BCUT2D eigenvalue weighted by molar-refractivity contribution is 7.89. The Morgan fingerprint density at radius 2 is 2.08 bits per heavy atom. The Morgan fingerprint density at radius 1 is 1.32 bits per heavy atom. The van der Waals surface area contributed by atoms with Crippen LogP contribution in [0.5, 0.6) is 0 Å². The van der Waals surface area contributed by atoms with Gasteiger partial charge < -0.3 is 10.6 Å². The topological polar surface area (TPSA) is 101 Å². The Morgan fingerprint density at radius 3 is 2.68 bits per heavy atom. The molecule has 0 saturated carbocycles. The summed E-state index contributed by atoms with van der Waals surface area (Å²) in [5, 5.41) is 11.2. The van der Waals surface area contributed by atoms with Crippen molar-refractivity contribution in [3.05, 3.63) is 34.5 Å². The molecule has 1 aromatic carbocycles. The zero-order chi connectivity index (χ0) is 18.4. The van der Waals surface area contributed by atoms with E-state index in [4.69, 9.17) is 16.7 Å². The van der Waals surface area contributed by atoms with Gasteiger partial charge in [-0.25, -0.2) is 13.6 Å². The molecule has 8 heteroatoms. The van der Waals surface area contributed by atoms with Gasteiger partial charge in [-0.05, 0) is 44.2 Å². The first-order valence-corrected chi connectivity index (χ1v) is 10.4. The van der Waals surface area contributed by atoms with E-state index in [2.05, 4.69) is 16.7 Å². The molecule has 0 aliphatic heterocycles. The molecule has 2 rings (SSSR count). The van der Waals surface area contributed by atoms with Gasteiger partial charge in [0.25, 0.3) is 5.91 Å². The molecule has 0 radical (unpaired) electrons. The van der Waals surface area contributed by atoms with E-state index < -0.39 is 10.0 Å². The first-order chi connectivity index (χ1) is 11.8. The number of benzene rings is 1. The van der Waals surface area contributed by atoms with E-state index >= 15 is 0 Å². The average Bonchev–Trinajstić information content (AvgIpc) is 2.55. The van der Waals surface area contributed by atoms with E-state index in [1.54, 1.807) is 0 Å². The zero-order valence-corrected chi connectivity index (χ0v) is 15.8. The van der Waals surface area contributed by atoms with Crippen LogP contribution >= 0.6 is 11.6 Å². The molecule has 0 heterocycles. The van der Waals surface area contributed by atoms with Gasteiger partial charge in [0.1, 0.15) is 4.90 Å². The maximum absolute atomic E-state index is 12.5. The molecule has 138 valence electrons. The Kier molecular flexibility index (Phi) is 6.87. The Bertz CT molecular complexity index is 776. The number of allylic oxidation sites excluding steroid dienone is 2. The lowest BCUT2D eigenvalue weighted by atomic mass is 10.0. The molecule has 1 aliphatic carbocycles. The van der Waals surface area contributed by atoms with E-state index in [1.807, 2.05) is 6.92 Å². The van der Waals surface area contributed by atoms with Gasteiger partial charge in [0.2, 0.25) is 10.0 Å². The molecule has 1 amide bonds. The molecule has 0 fully saturated rings. The van der Waals surface area contributed by atoms with Gasteiger partial charge in [-0.2, -0.15) is 0 Å². The number of rotatable bonds is 7. The Balaban J connectivity index is 2.39. The van der Waals surface area contributed by atoms with E-state index in [9.17, 15) is 13.2 Å². The highest BCUT2D eigenvalue weighted by Crippen LogP contribution is 2.30. The van der Waals surface area contributed by atoms with Gasteiger partial charge in [0.05, 0.1) is 16.3 Å². The summed E-state index contributed by atoms with van der Waals surface area (Å²) in [5.74, 6) is -0.353. The van der Waals surface area contributed by atoms with E-state index in [-0.39, 0.29) is 21.4 Å². The summed E-state index contributed by atoms with van der Waals surface area (Å²) in [7, 11) is -4.02. The number of carbonyl (C=O) groups is 1. The number of primary sulfonamides is 1. The van der Waals surface area contributed by atoms with Crippen LogP contribution in [-0.2, 0) is 10.0 Å². The molecular weight excluding hydrogens is 362 g/mol. The number of carbonyl (C=O) groups excluding carboxylic acids is 1. The minimum absolute atomic E-state index is 0.00785. The second kappa shape index (κ2) is 8.69. The molecule has 0 atom stereocenters. The molecule has 0 bridgehead atoms. The number of hydrogen-bond donors (Lipinski definition) is 3. The predicted octanol–water partition coefficient (Wildman–Crippen LogP) is 3.39. The third kappa shape index (κ3) is 5.45. The van der Waals surface area contributed by atoms with E-state index in [0.29, 0.717) is 12.2 Å². The summed E-state index contributed by atoms with van der Waals surface area (Å²) in [6, 6.07) is 2.69. The number of amides is 1. The van der Waals surface area contributed by atoms with Gasteiger partial charge in [-0.1, -0.05) is 31.0 Å². The maximum Gasteiger partial charge on any atom is 0.253 e. The molecule has 0 saturated heterocycles. The lowest BCUT2D eigenvalue weighted by Crippen LogP contribution is -2.26. The summed E-state index contributed by atoms with van der Waals surface area (Å²) in [6.45, 7) is 2.54. The number of hydrogen-bond acceptors (Lipinski definition) is 4. The highest BCUT2D eigenvalue weighted by Gasteiger charge is 2.21. The van der Waals surface area contributed by atoms with Crippen molar-refractivity contribution in [1.82, 2.24) is 5.32 Å². The molecule has 0 spiro atoms. The number of nitrogens with two attached hydrogens (primary N) is 1. The Hall–Kier alpha value is -1.57. The summed E-state index contributed by atoms with van der Waals surface area (Å²) in [6.07, 6.45) is 7.94. The van der Waals surface area contributed by atoms with Crippen molar-refractivity contribution in [2.45, 2.75) is 50.3 Å². The van der Waals surface area contributed by atoms with Crippen LogP contribution in [0.25, 0.3) is 0 Å². The van der Waals surface area contributed by atoms with E-state index in [0.717, 1.165) is 44.2 Å². The number of anilines is 1. The first kappa shape index (κ1) is 19.8. The Labute approximate surface area is 153 Å². The first-order valence-electron chi connectivity index (χ1n) is 8.43. The molecule has 25 heavy (non-hydrogen) atoms. The van der Waals surface area contributed by atoms with Gasteiger partial charge >= 0.3 is 0 Å². The van der Waals surface area contributed by atoms with Crippen molar-refractivity contribution in [3.63, 3.8) is 0 Å². The summed E-state index contributed by atoms with van der Waals surface area (Å²) in [5.41, 5.74) is 1.71. The smallest absolute Gasteiger partial charge is 0.253 e. The van der Waals surface area contributed by atoms with Crippen LogP contribution in [0, 0.1) is 0 Å². The average molecular weight is 386 g/mol. The van der Waals surface area contributed by atoms with Crippen LogP contribution in [0.2, 0.25) is 5.02 Å². The van der Waals surface area contributed by atoms with Crippen molar-refractivity contribution in [1.29, 1.82) is 0 Å². The molecule has 6 nitrogen and oxygen atoms in total. The van der Waals surface area contributed by atoms with Crippen LogP contribution in [-0.4, -0.2) is 20.9 Å². The number of halogens is 1. The summed E-state index contributed by atoms with van der Waals surface area (Å²) >= 11 is 6.08. The SMILES string of the molecule is CCCCNC(=O)c1cc(S(N)(=O)=O)c(Cl)cc1NC1=CCCCC1. The lowest BCUT2D eigenvalue weighted by Gasteiger charge is -2.19. The third-order valence-corrected chi connectivity index (χ3v) is 5.40. The fourth-order valence-corrected chi connectivity index (χ4v) is 3.76. The van der Waals surface area contributed by atoms with Gasteiger partial charge in [-0.3, -0.25) is 4.79 Å². The third-order valence-electron chi connectivity index (χ3n) is 4.03. The van der Waals surface area contributed by atoms with Crippen molar-refractivity contribution in [2.75, 3.05) is 11.9 Å². The highest BCUT2D eigenvalue weighted by atomic mass is 35.5. The van der Waals surface area contributed by atoms with Crippen LogP contribution in [0.4, 0.5) is 5.69 Å². The molecule has 0 aromatic heterocycles. The molecule has 4 N–H and O–H groups in total. The number of nitrogens with one attached hydrogen (secondary N) is 2. The zero-order valence-electron chi connectivity index (χ0n) is 14.3. The summed E-state index contributed by atoms with van der Waals surface area (Å²) in [4.78, 5) is 12.3. The standard InChI is InChI=1S/C17H24ClN3O3S/c1-2-3-9-20-17(22)13-10-16(25(19,23)24)14(18)11-15(13)21-12-7-5-4-6-8-12/h7,10-11,21H,2-6,8-9H2,1H3,(H,20,22)(H2,19,23,24). The molecule has 0 unspecified atom stereocenters. The van der Waals surface area contributed by atoms with Crippen molar-refractivity contribution >= 4 is 33.2 Å². The van der Waals surface area contributed by atoms with Crippen LogP contribution in [0.3, 0.4) is 0 Å². The normalized spacial score (nSPS) is 14.8.